The average molecular weight is 213 g/mol. The first kappa shape index (κ1) is 10.1. The van der Waals surface area contributed by atoms with Gasteiger partial charge < -0.3 is 16.0 Å². The summed E-state index contributed by atoms with van der Waals surface area (Å²) in [6.45, 7) is 0.644. The van der Waals surface area contributed by atoms with Gasteiger partial charge in [0.1, 0.15) is 6.07 Å². The van der Waals surface area contributed by atoms with Crippen LogP contribution in [0.15, 0.2) is 30.7 Å². The number of nitrogen functional groups attached to an aromatic ring is 1. The van der Waals surface area contributed by atoms with Gasteiger partial charge in [0.05, 0.1) is 29.8 Å². The highest BCUT2D eigenvalue weighted by Crippen LogP contribution is 2.17. The summed E-state index contributed by atoms with van der Waals surface area (Å²) >= 11 is 0. The van der Waals surface area contributed by atoms with Crippen molar-refractivity contribution in [1.29, 1.82) is 5.26 Å². The number of anilines is 2. The molecule has 1 aromatic carbocycles. The number of imidazole rings is 1. The highest BCUT2D eigenvalue weighted by atomic mass is 14.9. The maximum Gasteiger partial charge on any atom is 0.101 e. The molecule has 0 saturated carbocycles. The van der Waals surface area contributed by atoms with Gasteiger partial charge in [0.15, 0.2) is 0 Å². The smallest absolute Gasteiger partial charge is 0.101 e. The lowest BCUT2D eigenvalue weighted by Crippen LogP contribution is -2.00. The Bertz CT molecular complexity index is 510. The highest BCUT2D eigenvalue weighted by molar-refractivity contribution is 5.62. The fourth-order valence-electron chi connectivity index (χ4n) is 1.35. The van der Waals surface area contributed by atoms with Crippen LogP contribution in [-0.4, -0.2) is 9.97 Å². The Morgan fingerprint density at radius 2 is 2.38 bits per heavy atom. The van der Waals surface area contributed by atoms with Crippen LogP contribution in [0.2, 0.25) is 0 Å². The first-order valence-electron chi connectivity index (χ1n) is 4.80. The molecule has 0 aliphatic heterocycles. The van der Waals surface area contributed by atoms with E-state index in [1.807, 2.05) is 12.1 Å². The van der Waals surface area contributed by atoms with Gasteiger partial charge in [0.2, 0.25) is 0 Å². The minimum absolute atomic E-state index is 0.483. The van der Waals surface area contributed by atoms with Crippen LogP contribution in [0.5, 0.6) is 0 Å². The minimum atomic E-state index is 0.483. The minimum Gasteiger partial charge on any atom is -0.398 e. The largest absolute Gasteiger partial charge is 0.398 e. The number of benzene rings is 1. The van der Waals surface area contributed by atoms with Crippen LogP contribution in [0.25, 0.3) is 0 Å². The first-order valence-corrected chi connectivity index (χ1v) is 4.80. The van der Waals surface area contributed by atoms with Crippen LogP contribution in [0.1, 0.15) is 11.3 Å². The summed E-state index contributed by atoms with van der Waals surface area (Å²) in [6.07, 6.45) is 3.38. The van der Waals surface area contributed by atoms with Gasteiger partial charge in [-0.1, -0.05) is 0 Å². The lowest BCUT2D eigenvalue weighted by Gasteiger charge is -2.06. The number of nitrogens with one attached hydrogen (secondary N) is 2. The number of nitrogens with zero attached hydrogens (tertiary/aromatic N) is 2. The Morgan fingerprint density at radius 1 is 1.50 bits per heavy atom. The fourth-order valence-corrected chi connectivity index (χ4v) is 1.35. The molecule has 16 heavy (non-hydrogen) atoms. The Balaban J connectivity index is 2.06. The van der Waals surface area contributed by atoms with Gasteiger partial charge in [-0.2, -0.15) is 5.26 Å². The average Bonchev–Trinajstić information content (AvgIpc) is 2.79. The number of nitriles is 1. The van der Waals surface area contributed by atoms with Crippen molar-refractivity contribution in [3.05, 3.63) is 42.0 Å². The van der Waals surface area contributed by atoms with E-state index in [1.54, 1.807) is 24.7 Å². The lowest BCUT2D eigenvalue weighted by molar-refractivity contribution is 1.07. The van der Waals surface area contributed by atoms with Crippen LogP contribution < -0.4 is 11.1 Å². The normalized spacial score (nSPS) is 9.69. The van der Waals surface area contributed by atoms with Gasteiger partial charge in [0, 0.05) is 11.9 Å². The van der Waals surface area contributed by atoms with Gasteiger partial charge in [-0.15, -0.1) is 0 Å². The number of rotatable bonds is 3. The van der Waals surface area contributed by atoms with Crippen molar-refractivity contribution in [1.82, 2.24) is 9.97 Å². The van der Waals surface area contributed by atoms with Gasteiger partial charge in [-0.05, 0) is 18.2 Å². The Hall–Kier alpha value is -2.48. The van der Waals surface area contributed by atoms with Crippen LogP contribution >= 0.6 is 0 Å². The van der Waals surface area contributed by atoms with Gasteiger partial charge in [0.25, 0.3) is 0 Å². The summed E-state index contributed by atoms with van der Waals surface area (Å²) in [4.78, 5) is 6.90. The Kier molecular flexibility index (Phi) is 2.74. The van der Waals surface area contributed by atoms with Crippen molar-refractivity contribution in [2.24, 2.45) is 0 Å². The molecule has 0 aliphatic carbocycles. The number of hydrogen-bond acceptors (Lipinski definition) is 4. The van der Waals surface area contributed by atoms with E-state index >= 15 is 0 Å². The number of nitrogens with two attached hydrogens (primary N) is 1. The van der Waals surface area contributed by atoms with E-state index in [4.69, 9.17) is 11.0 Å². The van der Waals surface area contributed by atoms with Gasteiger partial charge >= 0.3 is 0 Å². The number of hydrogen-bond donors (Lipinski definition) is 3. The van der Waals surface area contributed by atoms with Crippen LogP contribution in [0, 0.1) is 11.3 Å². The zero-order valence-corrected chi connectivity index (χ0v) is 8.57. The fraction of sp³-hybridized carbons (Fsp3) is 0.0909. The number of aromatic amines is 1. The third-order valence-corrected chi connectivity index (χ3v) is 2.21. The molecule has 2 rings (SSSR count). The van der Waals surface area contributed by atoms with Crippen LogP contribution in [0.3, 0.4) is 0 Å². The topological polar surface area (TPSA) is 90.5 Å². The molecule has 0 aliphatic rings. The molecule has 2 aromatic rings. The lowest BCUT2D eigenvalue weighted by atomic mass is 10.2. The first-order chi connectivity index (χ1) is 7.79. The number of aromatic nitrogens is 2. The molecule has 4 N–H and O–H groups in total. The molecule has 0 spiro atoms. The number of H-pyrrole nitrogens is 1. The monoisotopic (exact) mass is 213 g/mol. The second kappa shape index (κ2) is 4.36. The molecule has 0 fully saturated rings. The predicted molar refractivity (Wildman–Crippen MR) is 61.5 cm³/mol. The molecule has 0 saturated heterocycles. The van der Waals surface area contributed by atoms with E-state index in [2.05, 4.69) is 15.3 Å². The molecule has 0 atom stereocenters. The van der Waals surface area contributed by atoms with Crippen molar-refractivity contribution >= 4 is 11.4 Å². The van der Waals surface area contributed by atoms with Crippen molar-refractivity contribution in [3.63, 3.8) is 0 Å². The maximum absolute atomic E-state index is 8.73. The van der Waals surface area contributed by atoms with Crippen LogP contribution in [0.4, 0.5) is 11.4 Å². The van der Waals surface area contributed by atoms with Crippen molar-refractivity contribution in [2.75, 3.05) is 11.1 Å². The standard InChI is InChI=1S/C11H11N5/c12-4-8-1-2-9(3-11(8)13)15-6-10-5-14-7-16-10/h1-3,5,7,15H,6,13H2,(H,14,16). The second-order valence-electron chi connectivity index (χ2n) is 3.34. The molecule has 5 heteroatoms. The summed E-state index contributed by atoms with van der Waals surface area (Å²) < 4.78 is 0. The summed E-state index contributed by atoms with van der Waals surface area (Å²) in [5, 5.41) is 11.9. The molecule has 0 bridgehead atoms. The molecular formula is C11H11N5. The van der Waals surface area contributed by atoms with E-state index in [9.17, 15) is 0 Å². The molecule has 80 valence electrons. The summed E-state index contributed by atoms with van der Waals surface area (Å²) in [5.41, 5.74) is 8.54. The van der Waals surface area contributed by atoms with E-state index in [1.165, 1.54) is 0 Å². The molecule has 0 amide bonds. The molecule has 1 aromatic heterocycles. The summed E-state index contributed by atoms with van der Waals surface area (Å²) in [7, 11) is 0. The van der Waals surface area contributed by atoms with Gasteiger partial charge in [-0.25, -0.2) is 4.98 Å². The van der Waals surface area contributed by atoms with E-state index in [-0.39, 0.29) is 0 Å². The van der Waals surface area contributed by atoms with Crippen molar-refractivity contribution < 1.29 is 0 Å². The Morgan fingerprint density at radius 3 is 3.00 bits per heavy atom. The zero-order valence-electron chi connectivity index (χ0n) is 8.57. The van der Waals surface area contributed by atoms with E-state index in [0.29, 0.717) is 17.8 Å². The SMILES string of the molecule is N#Cc1ccc(NCc2cnc[nH]2)cc1N. The summed E-state index contributed by atoms with van der Waals surface area (Å²) in [6, 6.07) is 7.29. The molecule has 0 unspecified atom stereocenters. The third kappa shape index (κ3) is 2.12. The summed E-state index contributed by atoms with van der Waals surface area (Å²) in [5.74, 6) is 0. The quantitative estimate of drug-likeness (QED) is 0.673. The third-order valence-electron chi connectivity index (χ3n) is 2.21. The molecule has 0 radical (unpaired) electrons. The highest BCUT2D eigenvalue weighted by Gasteiger charge is 2.00. The molecule has 5 nitrogen and oxygen atoms in total. The van der Waals surface area contributed by atoms with E-state index in [0.717, 1.165) is 11.4 Å². The Labute approximate surface area is 92.9 Å². The maximum atomic E-state index is 8.73. The van der Waals surface area contributed by atoms with E-state index < -0.39 is 0 Å². The predicted octanol–water partition coefficient (Wildman–Crippen LogP) is 1.48. The molecule has 1 heterocycles. The second-order valence-corrected chi connectivity index (χ2v) is 3.34. The molecular weight excluding hydrogens is 202 g/mol. The van der Waals surface area contributed by atoms with Crippen molar-refractivity contribution in [3.8, 4) is 6.07 Å². The van der Waals surface area contributed by atoms with Crippen molar-refractivity contribution in [2.45, 2.75) is 6.54 Å². The van der Waals surface area contributed by atoms with Crippen LogP contribution in [-0.2, 0) is 6.54 Å². The zero-order chi connectivity index (χ0) is 11.4. The van der Waals surface area contributed by atoms with Gasteiger partial charge in [-0.3, -0.25) is 0 Å².